The summed E-state index contributed by atoms with van der Waals surface area (Å²) < 4.78 is 39.0. The van der Waals surface area contributed by atoms with Crippen molar-refractivity contribution in [2.45, 2.75) is 39.8 Å². The van der Waals surface area contributed by atoms with Crippen LogP contribution in [0.1, 0.15) is 59.8 Å². The molecule has 1 unspecified atom stereocenters. The molecule has 1 atom stereocenters. The largest absolute Gasteiger partial charge is 0.486 e. The molecule has 4 aromatic rings. The molecule has 0 spiro atoms. The molecular weight excluding hydrogens is 514 g/mol. The molecule has 206 valence electrons. The summed E-state index contributed by atoms with van der Waals surface area (Å²) in [7, 11) is 0. The Morgan fingerprint density at radius 1 is 0.975 bits per heavy atom. The first-order chi connectivity index (χ1) is 19.1. The average Bonchev–Trinajstić information content (AvgIpc) is 3.41. The van der Waals surface area contributed by atoms with Gasteiger partial charge >= 0.3 is 0 Å². The quantitative estimate of drug-likeness (QED) is 0.286. The van der Waals surface area contributed by atoms with Gasteiger partial charge < -0.3 is 19.4 Å². The molecule has 1 aliphatic heterocycles. The first kappa shape index (κ1) is 27.1. The molecule has 2 heterocycles. The van der Waals surface area contributed by atoms with Gasteiger partial charge in [-0.25, -0.2) is 8.78 Å². The molecule has 40 heavy (non-hydrogen) atoms. The monoisotopic (exact) mass is 544 g/mol. The van der Waals surface area contributed by atoms with Crippen LogP contribution in [0.3, 0.4) is 0 Å². The molecule has 0 bridgehead atoms. The number of fused-ring (bicyclic) bond motifs is 1. The number of ether oxygens (including phenoxy) is 1. The van der Waals surface area contributed by atoms with Crippen LogP contribution in [0.15, 0.2) is 83.3 Å². The number of carbonyl (C=O) groups is 2. The Kier molecular flexibility index (Phi) is 7.43. The third kappa shape index (κ3) is 5.91. The Bertz CT molecular complexity index is 1540. The highest BCUT2D eigenvalue weighted by molar-refractivity contribution is 6.02. The van der Waals surface area contributed by atoms with Crippen LogP contribution in [0.2, 0.25) is 0 Å². The lowest BCUT2D eigenvalue weighted by Gasteiger charge is -2.41. The van der Waals surface area contributed by atoms with Crippen molar-refractivity contribution in [2.24, 2.45) is 5.41 Å². The van der Waals surface area contributed by atoms with Crippen LogP contribution in [-0.4, -0.2) is 23.3 Å². The number of amides is 2. The highest BCUT2D eigenvalue weighted by Crippen LogP contribution is 2.39. The molecule has 8 heteroatoms. The predicted octanol–water partition coefficient (Wildman–Crippen LogP) is 6.91. The van der Waals surface area contributed by atoms with E-state index in [4.69, 9.17) is 9.15 Å². The SMILES string of the molecule is CC(C)(C)C(=O)N1CCc2ccc(OCc3ccc(C(=O)Nc4ccc(F)cc4)o3)cc2C1c1cccc(F)c1. The van der Waals surface area contributed by atoms with E-state index in [1.807, 2.05) is 49.9 Å². The van der Waals surface area contributed by atoms with E-state index in [9.17, 15) is 18.4 Å². The minimum Gasteiger partial charge on any atom is -0.486 e. The number of anilines is 1. The summed E-state index contributed by atoms with van der Waals surface area (Å²) in [6, 6.07) is 20.2. The molecule has 2 amide bonds. The van der Waals surface area contributed by atoms with E-state index in [1.54, 1.807) is 18.2 Å². The number of nitrogens with one attached hydrogen (secondary N) is 1. The topological polar surface area (TPSA) is 71.8 Å². The van der Waals surface area contributed by atoms with Crippen LogP contribution in [0.25, 0.3) is 0 Å². The Morgan fingerprint density at radius 3 is 2.48 bits per heavy atom. The number of nitrogens with zero attached hydrogens (tertiary/aromatic N) is 1. The molecule has 0 saturated heterocycles. The first-order valence-corrected chi connectivity index (χ1v) is 13.1. The van der Waals surface area contributed by atoms with Crippen molar-refractivity contribution in [3.63, 3.8) is 0 Å². The highest BCUT2D eigenvalue weighted by atomic mass is 19.1. The summed E-state index contributed by atoms with van der Waals surface area (Å²) in [5.74, 6) is -0.150. The molecule has 1 N–H and O–H groups in total. The van der Waals surface area contributed by atoms with E-state index in [-0.39, 0.29) is 24.1 Å². The zero-order valence-electron chi connectivity index (χ0n) is 22.5. The fourth-order valence-corrected chi connectivity index (χ4v) is 4.83. The van der Waals surface area contributed by atoms with Gasteiger partial charge in [-0.2, -0.15) is 0 Å². The van der Waals surface area contributed by atoms with Gasteiger partial charge in [-0.05, 0) is 83.8 Å². The highest BCUT2D eigenvalue weighted by Gasteiger charge is 2.37. The maximum absolute atomic E-state index is 14.3. The van der Waals surface area contributed by atoms with E-state index >= 15 is 0 Å². The van der Waals surface area contributed by atoms with Crippen molar-refractivity contribution in [3.8, 4) is 5.75 Å². The Morgan fingerprint density at radius 2 is 1.75 bits per heavy atom. The summed E-state index contributed by atoms with van der Waals surface area (Å²) in [6.07, 6.45) is 0.675. The van der Waals surface area contributed by atoms with Crippen molar-refractivity contribution >= 4 is 17.5 Å². The number of furan rings is 1. The maximum Gasteiger partial charge on any atom is 0.291 e. The second-order valence-corrected chi connectivity index (χ2v) is 10.8. The van der Waals surface area contributed by atoms with Crippen LogP contribution >= 0.6 is 0 Å². The second-order valence-electron chi connectivity index (χ2n) is 10.8. The predicted molar refractivity (Wildman–Crippen MR) is 147 cm³/mol. The third-order valence-corrected chi connectivity index (χ3v) is 6.78. The number of carbonyl (C=O) groups excluding carboxylic acids is 2. The molecule has 5 rings (SSSR count). The first-order valence-electron chi connectivity index (χ1n) is 13.1. The number of hydrogen-bond donors (Lipinski definition) is 1. The maximum atomic E-state index is 14.3. The van der Waals surface area contributed by atoms with Crippen LogP contribution in [0.5, 0.6) is 5.75 Å². The summed E-state index contributed by atoms with van der Waals surface area (Å²) >= 11 is 0. The van der Waals surface area contributed by atoms with Crippen molar-refractivity contribution in [1.82, 2.24) is 4.90 Å². The van der Waals surface area contributed by atoms with Crippen LogP contribution in [0.4, 0.5) is 14.5 Å². The number of benzene rings is 3. The fourth-order valence-electron chi connectivity index (χ4n) is 4.83. The standard InChI is InChI=1S/C32H30F2N2O4/c1-32(2,3)31(38)36-16-15-20-7-12-25(18-27(20)29(36)21-5-4-6-23(34)17-21)39-19-26-13-14-28(40-26)30(37)35-24-10-8-22(33)9-11-24/h4-14,17-18,29H,15-16,19H2,1-3H3,(H,35,37). The van der Waals surface area contributed by atoms with Gasteiger partial charge in [0.05, 0.1) is 6.04 Å². The molecule has 0 radical (unpaired) electrons. The normalized spacial score (nSPS) is 14.9. The van der Waals surface area contributed by atoms with Crippen molar-refractivity contribution in [2.75, 3.05) is 11.9 Å². The van der Waals surface area contributed by atoms with Gasteiger partial charge in [-0.1, -0.05) is 39.0 Å². The van der Waals surface area contributed by atoms with Gasteiger partial charge in [0.2, 0.25) is 5.91 Å². The zero-order valence-corrected chi connectivity index (χ0v) is 22.5. The lowest BCUT2D eigenvalue weighted by molar-refractivity contribution is -0.141. The lowest BCUT2D eigenvalue weighted by Crippen LogP contribution is -2.45. The zero-order chi connectivity index (χ0) is 28.4. The van der Waals surface area contributed by atoms with Gasteiger partial charge in [0.25, 0.3) is 5.91 Å². The molecule has 6 nitrogen and oxygen atoms in total. The molecule has 0 saturated carbocycles. The van der Waals surface area contributed by atoms with Gasteiger partial charge in [0, 0.05) is 17.6 Å². The summed E-state index contributed by atoms with van der Waals surface area (Å²) in [5.41, 5.74) is 2.49. The van der Waals surface area contributed by atoms with Crippen LogP contribution < -0.4 is 10.1 Å². The van der Waals surface area contributed by atoms with E-state index in [1.165, 1.54) is 36.4 Å². The van der Waals surface area contributed by atoms with E-state index in [2.05, 4.69) is 5.32 Å². The molecular formula is C32H30F2N2O4. The second kappa shape index (κ2) is 11.0. The third-order valence-electron chi connectivity index (χ3n) is 6.78. The fraction of sp³-hybridized carbons (Fsp3) is 0.250. The minimum atomic E-state index is -0.600. The van der Waals surface area contributed by atoms with Crippen LogP contribution in [-0.2, 0) is 17.8 Å². The van der Waals surface area contributed by atoms with E-state index in [0.29, 0.717) is 35.7 Å². The lowest BCUT2D eigenvalue weighted by atomic mass is 9.85. The van der Waals surface area contributed by atoms with Crippen LogP contribution in [0, 0.1) is 17.0 Å². The summed E-state index contributed by atoms with van der Waals surface area (Å²) in [4.78, 5) is 27.7. The average molecular weight is 545 g/mol. The number of hydrogen-bond acceptors (Lipinski definition) is 4. The molecule has 0 fully saturated rings. The van der Waals surface area contributed by atoms with E-state index in [0.717, 1.165) is 11.1 Å². The Balaban J connectivity index is 1.35. The van der Waals surface area contributed by atoms with Gasteiger partial charge in [-0.15, -0.1) is 0 Å². The summed E-state index contributed by atoms with van der Waals surface area (Å²) in [5, 5.41) is 2.66. The molecule has 3 aromatic carbocycles. The molecule has 0 aliphatic carbocycles. The van der Waals surface area contributed by atoms with Gasteiger partial charge in [-0.3, -0.25) is 9.59 Å². The van der Waals surface area contributed by atoms with E-state index < -0.39 is 23.2 Å². The van der Waals surface area contributed by atoms with Crippen molar-refractivity contribution in [1.29, 1.82) is 0 Å². The van der Waals surface area contributed by atoms with Gasteiger partial charge in [0.1, 0.15) is 29.8 Å². The number of rotatable bonds is 6. The van der Waals surface area contributed by atoms with Crippen molar-refractivity contribution < 1.29 is 27.5 Å². The summed E-state index contributed by atoms with van der Waals surface area (Å²) in [6.45, 7) is 6.23. The molecule has 1 aliphatic rings. The Labute approximate surface area is 231 Å². The smallest absolute Gasteiger partial charge is 0.291 e. The number of halogens is 2. The Hall–Kier alpha value is -4.46. The van der Waals surface area contributed by atoms with Gasteiger partial charge in [0.15, 0.2) is 5.76 Å². The molecule has 1 aromatic heterocycles. The van der Waals surface area contributed by atoms with Crippen molar-refractivity contribution in [3.05, 3.63) is 119 Å². The minimum absolute atomic E-state index is 0.0132.